The van der Waals surface area contributed by atoms with Crippen LogP contribution >= 0.6 is 11.8 Å². The molecule has 68 valence electrons. The van der Waals surface area contributed by atoms with Gasteiger partial charge in [0, 0.05) is 25.9 Å². The fraction of sp³-hybridized carbons (Fsp3) is 0.333. The molecule has 0 fully saturated rings. The van der Waals surface area contributed by atoms with Crippen molar-refractivity contribution in [3.8, 4) is 0 Å². The molecule has 1 aromatic rings. The first kappa shape index (κ1) is 8.56. The zero-order chi connectivity index (χ0) is 9.26. The van der Waals surface area contributed by atoms with Crippen LogP contribution in [0.4, 0.5) is 0 Å². The van der Waals surface area contributed by atoms with Gasteiger partial charge in [-0.25, -0.2) is 4.98 Å². The molecule has 13 heavy (non-hydrogen) atoms. The lowest BCUT2D eigenvalue weighted by Gasteiger charge is -2.00. The SMILES string of the molecule is Cn1ccnc1SC1=CC(=O)CC1. The van der Waals surface area contributed by atoms with E-state index in [1.54, 1.807) is 24.0 Å². The van der Waals surface area contributed by atoms with E-state index in [1.165, 1.54) is 0 Å². The number of thioether (sulfide) groups is 1. The van der Waals surface area contributed by atoms with Gasteiger partial charge in [0.05, 0.1) is 0 Å². The van der Waals surface area contributed by atoms with Crippen molar-refractivity contribution in [1.29, 1.82) is 0 Å². The monoisotopic (exact) mass is 194 g/mol. The summed E-state index contributed by atoms with van der Waals surface area (Å²) in [5.74, 6) is 0.233. The van der Waals surface area contributed by atoms with Gasteiger partial charge >= 0.3 is 0 Å². The van der Waals surface area contributed by atoms with Crippen LogP contribution in [0, 0.1) is 0 Å². The predicted molar refractivity (Wildman–Crippen MR) is 51.4 cm³/mol. The molecule has 3 nitrogen and oxygen atoms in total. The Labute approximate surface area is 80.8 Å². The Bertz CT molecular complexity index is 367. The second kappa shape index (κ2) is 3.38. The average Bonchev–Trinajstić information content (AvgIpc) is 2.64. The van der Waals surface area contributed by atoms with Crippen LogP contribution in [0.25, 0.3) is 0 Å². The minimum Gasteiger partial charge on any atom is -0.329 e. The molecule has 0 amide bonds. The van der Waals surface area contributed by atoms with Crippen LogP contribution in [0.1, 0.15) is 12.8 Å². The van der Waals surface area contributed by atoms with Gasteiger partial charge in [-0.05, 0) is 17.4 Å². The van der Waals surface area contributed by atoms with Gasteiger partial charge in [0.1, 0.15) is 0 Å². The first-order valence-corrected chi connectivity index (χ1v) is 4.96. The first-order chi connectivity index (χ1) is 6.25. The lowest BCUT2D eigenvalue weighted by atomic mass is 10.3. The molecule has 0 aliphatic heterocycles. The molecule has 1 aliphatic rings. The van der Waals surface area contributed by atoms with E-state index in [4.69, 9.17) is 0 Å². The Balaban J connectivity index is 2.11. The summed E-state index contributed by atoms with van der Waals surface area (Å²) in [5.41, 5.74) is 0. The quantitative estimate of drug-likeness (QED) is 0.719. The van der Waals surface area contributed by atoms with Crippen molar-refractivity contribution >= 4 is 17.5 Å². The Morgan fingerprint density at radius 3 is 2.92 bits per heavy atom. The van der Waals surface area contributed by atoms with E-state index in [1.807, 2.05) is 17.8 Å². The third-order valence-electron chi connectivity index (χ3n) is 1.94. The number of imidazole rings is 1. The molecule has 2 rings (SSSR count). The Kier molecular flexibility index (Phi) is 2.22. The van der Waals surface area contributed by atoms with Gasteiger partial charge in [-0.2, -0.15) is 0 Å². The van der Waals surface area contributed by atoms with E-state index < -0.39 is 0 Å². The van der Waals surface area contributed by atoms with Crippen LogP contribution in [0.15, 0.2) is 28.5 Å². The number of carbonyl (C=O) groups is 1. The van der Waals surface area contributed by atoms with Crippen LogP contribution in [-0.4, -0.2) is 15.3 Å². The molecule has 0 N–H and O–H groups in total. The standard InChI is InChI=1S/C9H10N2OS/c1-11-5-4-10-9(11)13-8-3-2-7(12)6-8/h4-6H,2-3H2,1H3. The van der Waals surface area contributed by atoms with Gasteiger partial charge in [0.25, 0.3) is 0 Å². The molecule has 0 atom stereocenters. The van der Waals surface area contributed by atoms with Crippen molar-refractivity contribution in [2.45, 2.75) is 18.0 Å². The van der Waals surface area contributed by atoms with E-state index in [2.05, 4.69) is 4.98 Å². The van der Waals surface area contributed by atoms with E-state index in [0.29, 0.717) is 6.42 Å². The molecule has 4 heteroatoms. The van der Waals surface area contributed by atoms with Crippen molar-refractivity contribution in [3.63, 3.8) is 0 Å². The molecule has 0 saturated carbocycles. The van der Waals surface area contributed by atoms with Gasteiger partial charge < -0.3 is 4.57 Å². The van der Waals surface area contributed by atoms with Gasteiger partial charge in [-0.1, -0.05) is 11.8 Å². The maximum Gasteiger partial charge on any atom is 0.172 e. The highest BCUT2D eigenvalue weighted by atomic mass is 32.2. The van der Waals surface area contributed by atoms with Crippen LogP contribution in [0.3, 0.4) is 0 Å². The van der Waals surface area contributed by atoms with Crippen molar-refractivity contribution in [2.75, 3.05) is 0 Å². The van der Waals surface area contributed by atoms with Gasteiger partial charge in [0.15, 0.2) is 10.9 Å². The molecule has 1 heterocycles. The second-order valence-electron chi connectivity index (χ2n) is 3.00. The average molecular weight is 194 g/mol. The molecule has 0 aromatic carbocycles. The van der Waals surface area contributed by atoms with Gasteiger partial charge in [-0.3, -0.25) is 4.79 Å². The summed E-state index contributed by atoms with van der Waals surface area (Å²) in [4.78, 5) is 16.3. The maximum atomic E-state index is 10.9. The van der Waals surface area contributed by atoms with Crippen LogP contribution in [0.2, 0.25) is 0 Å². The Morgan fingerprint density at radius 2 is 2.38 bits per heavy atom. The summed E-state index contributed by atoms with van der Waals surface area (Å²) >= 11 is 1.58. The smallest absolute Gasteiger partial charge is 0.172 e. The topological polar surface area (TPSA) is 34.9 Å². The third-order valence-corrected chi connectivity index (χ3v) is 3.10. The van der Waals surface area contributed by atoms with Crippen molar-refractivity contribution in [3.05, 3.63) is 23.4 Å². The molecule has 0 radical (unpaired) electrons. The van der Waals surface area contributed by atoms with E-state index in [9.17, 15) is 4.79 Å². The van der Waals surface area contributed by atoms with Crippen molar-refractivity contribution in [1.82, 2.24) is 9.55 Å². The molecule has 0 saturated heterocycles. The zero-order valence-electron chi connectivity index (χ0n) is 7.36. The minimum atomic E-state index is 0.233. The summed E-state index contributed by atoms with van der Waals surface area (Å²) in [5, 5.41) is 0.945. The number of hydrogen-bond acceptors (Lipinski definition) is 3. The van der Waals surface area contributed by atoms with Crippen LogP contribution in [-0.2, 0) is 11.8 Å². The lowest BCUT2D eigenvalue weighted by molar-refractivity contribution is -0.114. The molecule has 0 bridgehead atoms. The fourth-order valence-corrected chi connectivity index (χ4v) is 2.17. The summed E-state index contributed by atoms with van der Waals surface area (Å²) in [6, 6.07) is 0. The Morgan fingerprint density at radius 1 is 1.54 bits per heavy atom. The number of nitrogens with zero attached hydrogens (tertiary/aromatic N) is 2. The van der Waals surface area contributed by atoms with E-state index in [-0.39, 0.29) is 5.78 Å². The Hall–Kier alpha value is -1.03. The van der Waals surface area contributed by atoms with Crippen molar-refractivity contribution in [2.24, 2.45) is 7.05 Å². The largest absolute Gasteiger partial charge is 0.329 e. The number of hydrogen-bond donors (Lipinski definition) is 0. The lowest BCUT2D eigenvalue weighted by Crippen LogP contribution is -1.88. The molecule has 1 aromatic heterocycles. The number of aryl methyl sites for hydroxylation is 1. The van der Waals surface area contributed by atoms with E-state index in [0.717, 1.165) is 16.5 Å². The third kappa shape index (κ3) is 1.83. The zero-order valence-corrected chi connectivity index (χ0v) is 8.17. The number of aromatic nitrogens is 2. The first-order valence-electron chi connectivity index (χ1n) is 4.14. The molecular weight excluding hydrogens is 184 g/mol. The summed E-state index contributed by atoms with van der Waals surface area (Å²) in [6.07, 6.45) is 6.92. The maximum absolute atomic E-state index is 10.9. The van der Waals surface area contributed by atoms with Crippen LogP contribution in [0.5, 0.6) is 0 Å². The van der Waals surface area contributed by atoms with Crippen LogP contribution < -0.4 is 0 Å². The predicted octanol–water partition coefficient (Wildman–Crippen LogP) is 1.76. The number of allylic oxidation sites excluding steroid dienone is 2. The van der Waals surface area contributed by atoms with E-state index >= 15 is 0 Å². The molecule has 0 spiro atoms. The summed E-state index contributed by atoms with van der Waals surface area (Å²) in [6.45, 7) is 0. The normalized spacial score (nSPS) is 16.4. The summed E-state index contributed by atoms with van der Waals surface area (Å²) < 4.78 is 1.95. The van der Waals surface area contributed by atoms with Gasteiger partial charge in [0.2, 0.25) is 0 Å². The number of rotatable bonds is 2. The highest BCUT2D eigenvalue weighted by Crippen LogP contribution is 2.31. The number of ketones is 1. The minimum absolute atomic E-state index is 0.233. The summed E-state index contributed by atoms with van der Waals surface area (Å²) in [7, 11) is 1.95. The molecule has 1 aliphatic carbocycles. The fourth-order valence-electron chi connectivity index (χ4n) is 1.22. The number of carbonyl (C=O) groups excluding carboxylic acids is 1. The second-order valence-corrected chi connectivity index (χ2v) is 4.09. The van der Waals surface area contributed by atoms with Gasteiger partial charge in [-0.15, -0.1) is 0 Å². The molecular formula is C9H10N2OS. The molecule has 0 unspecified atom stereocenters. The highest BCUT2D eigenvalue weighted by molar-refractivity contribution is 8.03. The van der Waals surface area contributed by atoms with Crippen molar-refractivity contribution < 1.29 is 4.79 Å². The highest BCUT2D eigenvalue weighted by Gasteiger charge is 2.14.